The zero-order valence-corrected chi connectivity index (χ0v) is 22.9. The van der Waals surface area contributed by atoms with Crippen molar-refractivity contribution in [2.24, 2.45) is 5.73 Å². The molecule has 1 aliphatic heterocycles. The van der Waals surface area contributed by atoms with Crippen LogP contribution in [0.25, 0.3) is 22.8 Å². The molecule has 4 aromatic rings. The molecule has 11 nitrogen and oxygen atoms in total. The molecule has 0 saturated heterocycles. The van der Waals surface area contributed by atoms with Crippen LogP contribution in [-0.2, 0) is 32.8 Å². The number of carbonyl (C=O) groups excluding carboxylic acids is 1. The van der Waals surface area contributed by atoms with Crippen molar-refractivity contribution in [1.82, 2.24) is 20.3 Å². The van der Waals surface area contributed by atoms with Gasteiger partial charge in [0.05, 0.1) is 28.9 Å². The summed E-state index contributed by atoms with van der Waals surface area (Å²) in [6, 6.07) is 7.82. The Labute approximate surface area is 238 Å². The number of aromatic nitrogens is 4. The van der Waals surface area contributed by atoms with Crippen molar-refractivity contribution in [3.05, 3.63) is 59.8 Å². The fraction of sp³-hybridized carbons (Fsp3) is 0.320. The van der Waals surface area contributed by atoms with Crippen LogP contribution in [-0.4, -0.2) is 52.6 Å². The summed E-state index contributed by atoms with van der Waals surface area (Å²) in [4.78, 5) is 17.4. The minimum absolute atomic E-state index is 0.0341. The maximum Gasteiger partial charge on any atom is 0.471 e. The lowest BCUT2D eigenvalue weighted by Gasteiger charge is -2.24. The summed E-state index contributed by atoms with van der Waals surface area (Å²) in [7, 11) is -4.10. The van der Waals surface area contributed by atoms with Gasteiger partial charge < -0.3 is 19.6 Å². The smallest absolute Gasteiger partial charge is 0.420 e. The third-order valence-corrected chi connectivity index (χ3v) is 8.52. The van der Waals surface area contributed by atoms with E-state index in [-0.39, 0.29) is 40.0 Å². The average Bonchev–Trinajstić information content (AvgIpc) is 3.60. The van der Waals surface area contributed by atoms with Crippen molar-refractivity contribution in [2.75, 3.05) is 10.7 Å². The molecule has 228 valence electrons. The summed E-state index contributed by atoms with van der Waals surface area (Å²) in [6.07, 6.45) is -9.54. The number of hydrogen-bond donors (Lipinski definition) is 1. The molecule has 2 N–H and O–H groups in total. The van der Waals surface area contributed by atoms with Crippen LogP contribution in [0.5, 0.6) is 0 Å². The van der Waals surface area contributed by atoms with Gasteiger partial charge in [-0.2, -0.15) is 31.3 Å². The number of halogens is 6. The first-order valence-corrected chi connectivity index (χ1v) is 13.9. The SMILES string of the molecule is CC(C)(c1nnc(-c2ccc3c(c2)N(Cc2ccc(-c4noc(C(F)(F)F)n4)cc2)C(=O)[C@@H](N)CS3(=O)=O)o1)C(F)(F)F. The number of fused-ring (bicyclic) bond motifs is 1. The largest absolute Gasteiger partial charge is 0.471 e. The van der Waals surface area contributed by atoms with E-state index in [2.05, 4.69) is 24.9 Å². The van der Waals surface area contributed by atoms with Gasteiger partial charge >= 0.3 is 18.2 Å². The molecule has 2 aromatic heterocycles. The van der Waals surface area contributed by atoms with Gasteiger partial charge in [-0.1, -0.05) is 29.4 Å². The standard InChI is InChI=1S/C25H20F6N6O5S/c1-23(2,25(29,30)31)21-35-34-19(41-21)14-7-8-17-16(9-14)37(20(38)15(32)11-43(17,39)40)10-12-3-5-13(6-4-12)18-33-22(42-36-18)24(26,27)28/h3-9,15H,10-11,32H2,1-2H3/t15-/m0/s1. The molecule has 0 saturated carbocycles. The number of anilines is 1. The first kappa shape index (κ1) is 30.1. The molecule has 1 amide bonds. The Morgan fingerprint density at radius 2 is 1.63 bits per heavy atom. The van der Waals surface area contributed by atoms with Gasteiger partial charge in [-0.3, -0.25) is 4.79 Å². The molecule has 0 aliphatic carbocycles. The Morgan fingerprint density at radius 3 is 2.23 bits per heavy atom. The van der Waals surface area contributed by atoms with Gasteiger partial charge in [0.25, 0.3) is 0 Å². The van der Waals surface area contributed by atoms with Gasteiger partial charge in [-0.15, -0.1) is 10.2 Å². The Kier molecular flexibility index (Phi) is 7.11. The number of carbonyl (C=O) groups is 1. The Bertz CT molecular complexity index is 1800. The summed E-state index contributed by atoms with van der Waals surface area (Å²) >= 11 is 0. The summed E-state index contributed by atoms with van der Waals surface area (Å²) in [5, 5.41) is 10.5. The normalized spacial score (nSPS) is 17.6. The second kappa shape index (κ2) is 10.1. The molecule has 5 rings (SSSR count). The zero-order valence-electron chi connectivity index (χ0n) is 22.1. The van der Waals surface area contributed by atoms with Gasteiger partial charge in [0.15, 0.2) is 9.84 Å². The quantitative estimate of drug-likeness (QED) is 0.315. The van der Waals surface area contributed by atoms with E-state index in [0.29, 0.717) is 5.56 Å². The van der Waals surface area contributed by atoms with E-state index in [1.807, 2.05) is 0 Å². The van der Waals surface area contributed by atoms with Gasteiger partial charge in [0, 0.05) is 11.1 Å². The zero-order chi connectivity index (χ0) is 31.5. The number of nitrogens with two attached hydrogens (primary N) is 1. The molecule has 3 heterocycles. The summed E-state index contributed by atoms with van der Waals surface area (Å²) in [5.74, 6) is -4.42. The first-order chi connectivity index (χ1) is 19.9. The van der Waals surface area contributed by atoms with Crippen molar-refractivity contribution in [2.45, 2.75) is 49.1 Å². The molecular weight excluding hydrogens is 610 g/mol. The van der Waals surface area contributed by atoms with E-state index >= 15 is 0 Å². The van der Waals surface area contributed by atoms with Crippen LogP contribution in [0.15, 0.2) is 56.3 Å². The number of rotatable bonds is 5. The van der Waals surface area contributed by atoms with Crippen LogP contribution in [0.3, 0.4) is 0 Å². The van der Waals surface area contributed by atoms with Crippen LogP contribution in [0.4, 0.5) is 32.0 Å². The highest BCUT2D eigenvalue weighted by atomic mass is 32.2. The van der Waals surface area contributed by atoms with Crippen LogP contribution < -0.4 is 10.6 Å². The minimum Gasteiger partial charge on any atom is -0.420 e. The molecule has 1 atom stereocenters. The molecule has 0 radical (unpaired) electrons. The molecule has 18 heteroatoms. The summed E-state index contributed by atoms with van der Waals surface area (Å²) in [6.45, 7) is 1.47. The Morgan fingerprint density at radius 1 is 0.977 bits per heavy atom. The van der Waals surface area contributed by atoms with Crippen molar-refractivity contribution in [3.8, 4) is 22.8 Å². The second-order valence-electron chi connectivity index (χ2n) is 10.1. The van der Waals surface area contributed by atoms with Crippen LogP contribution in [0.1, 0.15) is 31.2 Å². The van der Waals surface area contributed by atoms with Crippen LogP contribution in [0.2, 0.25) is 0 Å². The lowest BCUT2D eigenvalue weighted by atomic mass is 9.93. The summed E-state index contributed by atoms with van der Waals surface area (Å²) in [5.41, 5.74) is 3.91. The van der Waals surface area contributed by atoms with Crippen LogP contribution in [0, 0.1) is 0 Å². The van der Waals surface area contributed by atoms with E-state index in [1.54, 1.807) is 0 Å². The number of benzene rings is 2. The van der Waals surface area contributed by atoms with Crippen molar-refractivity contribution in [3.63, 3.8) is 0 Å². The maximum absolute atomic E-state index is 13.5. The molecule has 0 spiro atoms. The van der Waals surface area contributed by atoms with Crippen molar-refractivity contribution in [1.29, 1.82) is 0 Å². The predicted molar refractivity (Wildman–Crippen MR) is 135 cm³/mol. The lowest BCUT2D eigenvalue weighted by molar-refractivity contribution is -0.185. The number of nitrogens with zero attached hydrogens (tertiary/aromatic N) is 5. The first-order valence-electron chi connectivity index (χ1n) is 12.2. The minimum atomic E-state index is -4.83. The third-order valence-electron chi connectivity index (χ3n) is 6.70. The average molecular weight is 631 g/mol. The van der Waals surface area contributed by atoms with E-state index in [0.717, 1.165) is 24.8 Å². The lowest BCUT2D eigenvalue weighted by Crippen LogP contribution is -2.45. The molecular formula is C25H20F6N6O5S. The predicted octanol–water partition coefficient (Wildman–Crippen LogP) is 4.29. The Balaban J connectivity index is 1.51. The number of hydrogen-bond acceptors (Lipinski definition) is 10. The second-order valence-corrected chi connectivity index (χ2v) is 12.2. The Hall–Kier alpha value is -4.32. The molecule has 0 fully saturated rings. The molecule has 2 aromatic carbocycles. The van der Waals surface area contributed by atoms with Gasteiger partial charge in [-0.05, 0) is 37.6 Å². The van der Waals surface area contributed by atoms with Crippen molar-refractivity contribution >= 4 is 21.4 Å². The molecule has 1 aliphatic rings. The fourth-order valence-corrected chi connectivity index (χ4v) is 5.67. The molecule has 0 unspecified atom stereocenters. The van der Waals surface area contributed by atoms with Crippen LogP contribution >= 0.6 is 0 Å². The van der Waals surface area contributed by atoms with Crippen molar-refractivity contribution < 1.29 is 48.5 Å². The van der Waals surface area contributed by atoms with E-state index in [1.165, 1.54) is 36.4 Å². The summed E-state index contributed by atoms with van der Waals surface area (Å²) < 4.78 is 115. The highest BCUT2D eigenvalue weighted by Crippen LogP contribution is 2.41. The highest BCUT2D eigenvalue weighted by molar-refractivity contribution is 7.91. The van der Waals surface area contributed by atoms with Gasteiger partial charge in [-0.25, -0.2) is 8.42 Å². The van der Waals surface area contributed by atoms with E-state index in [9.17, 15) is 39.6 Å². The number of amides is 1. The highest BCUT2D eigenvalue weighted by Gasteiger charge is 2.52. The topological polar surface area (TPSA) is 158 Å². The number of sulfone groups is 1. The van der Waals surface area contributed by atoms with Gasteiger partial charge in [0.1, 0.15) is 5.41 Å². The number of alkyl halides is 6. The fourth-order valence-electron chi connectivity index (χ4n) is 4.12. The van der Waals surface area contributed by atoms with Gasteiger partial charge in [0.2, 0.25) is 23.5 Å². The van der Waals surface area contributed by atoms with E-state index in [4.69, 9.17) is 10.2 Å². The molecule has 43 heavy (non-hydrogen) atoms. The molecule has 0 bridgehead atoms. The third kappa shape index (κ3) is 5.58. The monoisotopic (exact) mass is 630 g/mol. The van der Waals surface area contributed by atoms with E-state index < -0.39 is 57.1 Å². The maximum atomic E-state index is 13.5.